The molecule has 0 radical (unpaired) electrons. The van der Waals surface area contributed by atoms with Crippen molar-refractivity contribution in [3.8, 4) is 0 Å². The molecule has 0 amide bonds. The van der Waals surface area contributed by atoms with Crippen LogP contribution >= 0.6 is 0 Å². The van der Waals surface area contributed by atoms with Gasteiger partial charge < -0.3 is 15.0 Å². The number of ether oxygens (including phenoxy) is 1. The predicted molar refractivity (Wildman–Crippen MR) is 85.6 cm³/mol. The Hall–Kier alpha value is -1.07. The Kier molecular flexibility index (Phi) is 4.50. The number of hydrogen-bond donors (Lipinski definition) is 1. The van der Waals surface area contributed by atoms with E-state index in [0.717, 1.165) is 58.4 Å². The van der Waals surface area contributed by atoms with E-state index in [-0.39, 0.29) is 5.41 Å². The Morgan fingerprint density at radius 2 is 2.14 bits per heavy atom. The molecule has 0 spiro atoms. The van der Waals surface area contributed by atoms with Gasteiger partial charge in [0.05, 0.1) is 19.8 Å². The molecule has 3 heterocycles. The van der Waals surface area contributed by atoms with E-state index in [4.69, 9.17) is 9.73 Å². The molecule has 0 aliphatic carbocycles. The van der Waals surface area contributed by atoms with E-state index in [1.165, 1.54) is 6.42 Å². The molecule has 0 saturated carbocycles. The molecule has 2 saturated heterocycles. The predicted octanol–water partition coefficient (Wildman–Crippen LogP) is 0.935. The van der Waals surface area contributed by atoms with E-state index < -0.39 is 0 Å². The highest BCUT2D eigenvalue weighted by Gasteiger charge is 2.34. The van der Waals surface area contributed by atoms with Crippen LogP contribution in [-0.4, -0.2) is 74.3 Å². The molecule has 5 nitrogen and oxygen atoms in total. The fourth-order valence-corrected chi connectivity index (χ4v) is 3.26. The maximum Gasteiger partial charge on any atom is 0.193 e. The molecule has 1 atom stereocenters. The third kappa shape index (κ3) is 3.40. The lowest BCUT2D eigenvalue weighted by Crippen LogP contribution is -2.46. The zero-order valence-corrected chi connectivity index (χ0v) is 13.3. The van der Waals surface area contributed by atoms with E-state index in [1.54, 1.807) is 0 Å². The Morgan fingerprint density at radius 1 is 1.38 bits per heavy atom. The standard InChI is InChI=1S/C16H28N4O/c1-3-17-15(18-11-16(2)12-21-13-16)20-9-6-14(10-20)19-7-4-5-8-19/h4-5,14H,3,6-13H2,1-2H3,(H,17,18). The molecule has 21 heavy (non-hydrogen) atoms. The van der Waals surface area contributed by atoms with Crippen LogP contribution in [0.3, 0.4) is 0 Å². The second-order valence-electron chi connectivity index (χ2n) is 6.79. The Morgan fingerprint density at radius 3 is 2.76 bits per heavy atom. The van der Waals surface area contributed by atoms with Crippen LogP contribution in [0.4, 0.5) is 0 Å². The Bertz CT molecular complexity index is 409. The summed E-state index contributed by atoms with van der Waals surface area (Å²) in [5.74, 6) is 1.08. The van der Waals surface area contributed by atoms with Gasteiger partial charge in [-0.15, -0.1) is 0 Å². The molecule has 3 aliphatic rings. The minimum absolute atomic E-state index is 0.249. The van der Waals surface area contributed by atoms with Crippen LogP contribution in [0.25, 0.3) is 0 Å². The van der Waals surface area contributed by atoms with Crippen molar-refractivity contribution < 1.29 is 4.74 Å². The summed E-state index contributed by atoms with van der Waals surface area (Å²) in [5.41, 5.74) is 0.249. The molecule has 3 aliphatic heterocycles. The van der Waals surface area contributed by atoms with E-state index in [1.807, 2.05) is 0 Å². The van der Waals surface area contributed by atoms with Crippen LogP contribution in [0.2, 0.25) is 0 Å². The van der Waals surface area contributed by atoms with E-state index in [2.05, 4.69) is 41.1 Å². The zero-order valence-electron chi connectivity index (χ0n) is 13.3. The Balaban J connectivity index is 1.57. The fraction of sp³-hybridized carbons (Fsp3) is 0.812. The first-order valence-electron chi connectivity index (χ1n) is 8.20. The van der Waals surface area contributed by atoms with Crippen molar-refractivity contribution in [3.05, 3.63) is 12.2 Å². The molecule has 118 valence electrons. The molecular formula is C16H28N4O. The van der Waals surface area contributed by atoms with Crippen molar-refractivity contribution in [2.45, 2.75) is 26.3 Å². The Labute approximate surface area is 128 Å². The monoisotopic (exact) mass is 292 g/mol. The van der Waals surface area contributed by atoms with Gasteiger partial charge in [-0.2, -0.15) is 0 Å². The minimum Gasteiger partial charge on any atom is -0.380 e. The summed E-state index contributed by atoms with van der Waals surface area (Å²) in [4.78, 5) is 9.85. The van der Waals surface area contributed by atoms with Crippen molar-refractivity contribution in [3.63, 3.8) is 0 Å². The highest BCUT2D eigenvalue weighted by atomic mass is 16.5. The summed E-state index contributed by atoms with van der Waals surface area (Å²) < 4.78 is 5.32. The maximum atomic E-state index is 5.32. The normalized spacial score (nSPS) is 29.0. The summed E-state index contributed by atoms with van der Waals surface area (Å²) in [6.45, 7) is 12.3. The van der Waals surface area contributed by atoms with Gasteiger partial charge in [-0.1, -0.05) is 19.1 Å². The molecule has 0 aromatic rings. The third-order valence-corrected chi connectivity index (χ3v) is 4.67. The summed E-state index contributed by atoms with van der Waals surface area (Å²) in [5, 5.41) is 3.46. The number of aliphatic imine (C=N–C) groups is 1. The first-order valence-corrected chi connectivity index (χ1v) is 8.20. The van der Waals surface area contributed by atoms with Gasteiger partial charge in [0.15, 0.2) is 5.96 Å². The van der Waals surface area contributed by atoms with Gasteiger partial charge in [0.25, 0.3) is 0 Å². The van der Waals surface area contributed by atoms with Gasteiger partial charge in [-0.3, -0.25) is 9.89 Å². The maximum absolute atomic E-state index is 5.32. The highest BCUT2D eigenvalue weighted by Crippen LogP contribution is 2.27. The van der Waals surface area contributed by atoms with Crippen LogP contribution in [-0.2, 0) is 4.74 Å². The van der Waals surface area contributed by atoms with E-state index >= 15 is 0 Å². The SMILES string of the molecule is CCNC(=NCC1(C)COC1)N1CCC(N2CC=CC2)C1. The zero-order chi connectivity index (χ0) is 14.7. The first-order chi connectivity index (χ1) is 10.2. The molecule has 0 aromatic heterocycles. The van der Waals surface area contributed by atoms with E-state index in [0.29, 0.717) is 6.04 Å². The van der Waals surface area contributed by atoms with Gasteiger partial charge >= 0.3 is 0 Å². The lowest BCUT2D eigenvalue weighted by atomic mass is 9.89. The number of hydrogen-bond acceptors (Lipinski definition) is 3. The summed E-state index contributed by atoms with van der Waals surface area (Å²) in [6, 6.07) is 0.673. The first kappa shape index (κ1) is 14.9. The second-order valence-corrected chi connectivity index (χ2v) is 6.79. The van der Waals surface area contributed by atoms with E-state index in [9.17, 15) is 0 Å². The van der Waals surface area contributed by atoms with Crippen LogP contribution in [0.5, 0.6) is 0 Å². The average Bonchev–Trinajstić information content (AvgIpc) is 3.11. The third-order valence-electron chi connectivity index (χ3n) is 4.67. The summed E-state index contributed by atoms with van der Waals surface area (Å²) in [7, 11) is 0. The lowest BCUT2D eigenvalue weighted by Gasteiger charge is -2.37. The van der Waals surface area contributed by atoms with Crippen molar-refractivity contribution in [1.29, 1.82) is 0 Å². The minimum atomic E-state index is 0.249. The number of nitrogens with zero attached hydrogens (tertiary/aromatic N) is 3. The average molecular weight is 292 g/mol. The van der Waals surface area contributed by atoms with Gasteiger partial charge in [-0.25, -0.2) is 0 Å². The lowest BCUT2D eigenvalue weighted by molar-refractivity contribution is -0.0945. The van der Waals surface area contributed by atoms with Gasteiger partial charge in [-0.05, 0) is 13.3 Å². The van der Waals surface area contributed by atoms with Crippen molar-refractivity contribution in [2.75, 3.05) is 52.5 Å². The largest absolute Gasteiger partial charge is 0.380 e. The fourth-order valence-electron chi connectivity index (χ4n) is 3.26. The van der Waals surface area contributed by atoms with Gasteiger partial charge in [0.2, 0.25) is 0 Å². The molecule has 0 bridgehead atoms. The molecule has 3 rings (SSSR count). The highest BCUT2D eigenvalue weighted by molar-refractivity contribution is 5.80. The van der Waals surface area contributed by atoms with Crippen LogP contribution in [0, 0.1) is 5.41 Å². The number of guanidine groups is 1. The van der Waals surface area contributed by atoms with Gasteiger partial charge in [0, 0.05) is 44.2 Å². The molecule has 2 fully saturated rings. The molecule has 0 aromatic carbocycles. The van der Waals surface area contributed by atoms with Gasteiger partial charge in [0.1, 0.15) is 0 Å². The molecule has 1 unspecified atom stereocenters. The quantitative estimate of drug-likeness (QED) is 0.475. The van der Waals surface area contributed by atoms with Crippen molar-refractivity contribution in [1.82, 2.24) is 15.1 Å². The number of nitrogens with one attached hydrogen (secondary N) is 1. The van der Waals surface area contributed by atoms with Crippen molar-refractivity contribution >= 4 is 5.96 Å². The topological polar surface area (TPSA) is 40.1 Å². The van der Waals surface area contributed by atoms with Crippen LogP contribution < -0.4 is 5.32 Å². The molecule has 1 N–H and O–H groups in total. The second kappa shape index (κ2) is 6.36. The number of likely N-dealkylation sites (tertiary alicyclic amines) is 1. The van der Waals surface area contributed by atoms with Crippen LogP contribution in [0.1, 0.15) is 20.3 Å². The van der Waals surface area contributed by atoms with Crippen LogP contribution in [0.15, 0.2) is 17.1 Å². The number of rotatable bonds is 4. The summed E-state index contributed by atoms with van der Waals surface area (Å²) >= 11 is 0. The smallest absolute Gasteiger partial charge is 0.193 e. The van der Waals surface area contributed by atoms with Crippen molar-refractivity contribution in [2.24, 2.45) is 10.4 Å². The molecule has 5 heteroatoms. The molecular weight excluding hydrogens is 264 g/mol. The summed E-state index contributed by atoms with van der Waals surface area (Å²) in [6.07, 6.45) is 5.80.